The van der Waals surface area contributed by atoms with Gasteiger partial charge in [0.2, 0.25) is 5.91 Å². The number of benzene rings is 1. The van der Waals surface area contributed by atoms with Gasteiger partial charge in [-0.05, 0) is 24.3 Å². The summed E-state index contributed by atoms with van der Waals surface area (Å²) in [5.74, 6) is 0.589. The molecule has 1 atom stereocenters. The molecule has 1 amide bonds. The van der Waals surface area contributed by atoms with Crippen molar-refractivity contribution in [1.82, 2.24) is 14.7 Å². The predicted molar refractivity (Wildman–Crippen MR) is 88.3 cm³/mol. The van der Waals surface area contributed by atoms with Crippen LogP contribution in [-0.2, 0) is 17.8 Å². The standard InChI is InChI=1S/C17H20N4O3/c22-17(7-9-20-13-16(11-18-20)21(23)24)19-8-6-15(12-19)10-14-4-2-1-3-5-14/h1-5,11,13,15H,6-10,12H2. The van der Waals surface area contributed by atoms with Crippen LogP contribution in [0.5, 0.6) is 0 Å². The van der Waals surface area contributed by atoms with Gasteiger partial charge in [-0.25, -0.2) is 0 Å². The minimum Gasteiger partial charge on any atom is -0.342 e. The van der Waals surface area contributed by atoms with Crippen molar-refractivity contribution in [2.45, 2.75) is 25.8 Å². The Labute approximate surface area is 140 Å². The van der Waals surface area contributed by atoms with E-state index in [0.717, 1.165) is 25.9 Å². The third kappa shape index (κ3) is 3.98. The molecule has 1 aliphatic rings. The summed E-state index contributed by atoms with van der Waals surface area (Å²) in [5.41, 5.74) is 1.26. The predicted octanol–water partition coefficient (Wildman–Crippen LogP) is 2.27. The molecular formula is C17H20N4O3. The molecule has 126 valence electrons. The topological polar surface area (TPSA) is 81.3 Å². The molecule has 7 heteroatoms. The lowest BCUT2D eigenvalue weighted by atomic mass is 9.99. The first-order chi connectivity index (χ1) is 11.6. The third-order valence-corrected chi connectivity index (χ3v) is 4.39. The van der Waals surface area contributed by atoms with Crippen LogP contribution in [0.4, 0.5) is 5.69 Å². The second-order valence-electron chi connectivity index (χ2n) is 6.15. The Balaban J connectivity index is 1.46. The molecule has 0 N–H and O–H groups in total. The Morgan fingerprint density at radius 1 is 1.33 bits per heavy atom. The quantitative estimate of drug-likeness (QED) is 0.602. The summed E-state index contributed by atoms with van der Waals surface area (Å²) in [5, 5.41) is 14.5. The van der Waals surface area contributed by atoms with Gasteiger partial charge in [-0.2, -0.15) is 5.10 Å². The zero-order valence-electron chi connectivity index (χ0n) is 13.4. The van der Waals surface area contributed by atoms with Gasteiger partial charge in [0.25, 0.3) is 0 Å². The van der Waals surface area contributed by atoms with Gasteiger partial charge in [0, 0.05) is 26.1 Å². The second-order valence-corrected chi connectivity index (χ2v) is 6.15. The number of nitro groups is 1. The molecule has 0 spiro atoms. The maximum atomic E-state index is 12.3. The Bertz CT molecular complexity index is 714. The van der Waals surface area contributed by atoms with E-state index in [1.165, 1.54) is 22.6 Å². The van der Waals surface area contributed by atoms with Crippen LogP contribution >= 0.6 is 0 Å². The number of aromatic nitrogens is 2. The van der Waals surface area contributed by atoms with E-state index in [-0.39, 0.29) is 11.6 Å². The van der Waals surface area contributed by atoms with Crippen LogP contribution in [-0.4, -0.2) is 38.6 Å². The third-order valence-electron chi connectivity index (χ3n) is 4.39. The summed E-state index contributed by atoms with van der Waals surface area (Å²) >= 11 is 0. The molecule has 7 nitrogen and oxygen atoms in total. The summed E-state index contributed by atoms with van der Waals surface area (Å²) in [6, 6.07) is 10.3. The van der Waals surface area contributed by atoms with Crippen molar-refractivity contribution in [3.8, 4) is 0 Å². The minimum atomic E-state index is -0.486. The largest absolute Gasteiger partial charge is 0.342 e. The highest BCUT2D eigenvalue weighted by atomic mass is 16.6. The molecule has 1 fully saturated rings. The lowest BCUT2D eigenvalue weighted by Crippen LogP contribution is -2.29. The lowest BCUT2D eigenvalue weighted by Gasteiger charge is -2.16. The van der Waals surface area contributed by atoms with Crippen LogP contribution < -0.4 is 0 Å². The summed E-state index contributed by atoms with van der Waals surface area (Å²) in [4.78, 5) is 24.3. The average Bonchev–Trinajstić information content (AvgIpc) is 3.23. The first-order valence-corrected chi connectivity index (χ1v) is 8.10. The van der Waals surface area contributed by atoms with Gasteiger partial charge in [0.1, 0.15) is 12.4 Å². The number of amides is 1. The van der Waals surface area contributed by atoms with Gasteiger partial charge in [-0.1, -0.05) is 30.3 Å². The minimum absolute atomic E-state index is 0.0495. The van der Waals surface area contributed by atoms with Gasteiger partial charge in [0.15, 0.2) is 0 Å². The van der Waals surface area contributed by atoms with E-state index in [0.29, 0.717) is 18.9 Å². The van der Waals surface area contributed by atoms with E-state index in [9.17, 15) is 14.9 Å². The Kier molecular flexibility index (Phi) is 4.88. The summed E-state index contributed by atoms with van der Waals surface area (Å²) in [6.07, 6.45) is 4.90. The molecule has 24 heavy (non-hydrogen) atoms. The molecule has 1 aromatic carbocycles. The molecule has 3 rings (SSSR count). The van der Waals surface area contributed by atoms with E-state index < -0.39 is 4.92 Å². The highest BCUT2D eigenvalue weighted by molar-refractivity contribution is 5.76. The van der Waals surface area contributed by atoms with E-state index in [4.69, 9.17) is 0 Å². The maximum absolute atomic E-state index is 12.3. The van der Waals surface area contributed by atoms with Gasteiger partial charge in [-0.3, -0.25) is 19.6 Å². The highest BCUT2D eigenvalue weighted by Gasteiger charge is 2.26. The number of carbonyl (C=O) groups is 1. The summed E-state index contributed by atoms with van der Waals surface area (Å²) in [7, 11) is 0. The number of nitrogens with zero attached hydrogens (tertiary/aromatic N) is 4. The Hall–Kier alpha value is -2.70. The number of rotatable bonds is 6. The molecule has 1 unspecified atom stereocenters. The zero-order chi connectivity index (χ0) is 16.9. The van der Waals surface area contributed by atoms with Crippen molar-refractivity contribution in [3.63, 3.8) is 0 Å². The fourth-order valence-electron chi connectivity index (χ4n) is 3.11. The van der Waals surface area contributed by atoms with Gasteiger partial charge in [0.05, 0.1) is 4.92 Å². The van der Waals surface area contributed by atoms with Crippen LogP contribution in [0.2, 0.25) is 0 Å². The molecule has 1 aliphatic heterocycles. The molecule has 1 aromatic heterocycles. The fourth-order valence-corrected chi connectivity index (χ4v) is 3.11. The van der Waals surface area contributed by atoms with Crippen molar-refractivity contribution in [2.75, 3.05) is 13.1 Å². The number of aryl methyl sites for hydroxylation is 1. The van der Waals surface area contributed by atoms with E-state index >= 15 is 0 Å². The van der Waals surface area contributed by atoms with Crippen LogP contribution in [0.25, 0.3) is 0 Å². The van der Waals surface area contributed by atoms with Gasteiger partial charge >= 0.3 is 5.69 Å². The number of carbonyl (C=O) groups excluding carboxylic acids is 1. The van der Waals surface area contributed by atoms with Crippen LogP contribution in [0.1, 0.15) is 18.4 Å². The Morgan fingerprint density at radius 3 is 2.83 bits per heavy atom. The van der Waals surface area contributed by atoms with Crippen LogP contribution in [0.15, 0.2) is 42.7 Å². The zero-order valence-corrected chi connectivity index (χ0v) is 13.4. The van der Waals surface area contributed by atoms with Crippen molar-refractivity contribution in [2.24, 2.45) is 5.92 Å². The molecule has 0 radical (unpaired) electrons. The van der Waals surface area contributed by atoms with E-state index in [1.807, 2.05) is 23.1 Å². The number of hydrogen-bond donors (Lipinski definition) is 0. The van der Waals surface area contributed by atoms with Gasteiger partial charge in [-0.15, -0.1) is 0 Å². The molecule has 2 aromatic rings. The molecule has 1 saturated heterocycles. The normalized spacial score (nSPS) is 17.2. The molecule has 0 bridgehead atoms. The van der Waals surface area contributed by atoms with Crippen molar-refractivity contribution in [1.29, 1.82) is 0 Å². The molecule has 0 saturated carbocycles. The Morgan fingerprint density at radius 2 is 2.12 bits per heavy atom. The number of likely N-dealkylation sites (tertiary alicyclic amines) is 1. The molecular weight excluding hydrogens is 308 g/mol. The maximum Gasteiger partial charge on any atom is 0.306 e. The van der Waals surface area contributed by atoms with Crippen LogP contribution in [0.3, 0.4) is 0 Å². The highest BCUT2D eigenvalue weighted by Crippen LogP contribution is 2.21. The first kappa shape index (κ1) is 16.2. The summed E-state index contributed by atoms with van der Waals surface area (Å²) < 4.78 is 1.45. The van der Waals surface area contributed by atoms with Crippen molar-refractivity contribution >= 4 is 11.6 Å². The smallest absolute Gasteiger partial charge is 0.306 e. The first-order valence-electron chi connectivity index (χ1n) is 8.10. The number of hydrogen-bond acceptors (Lipinski definition) is 4. The second kappa shape index (κ2) is 7.25. The van der Waals surface area contributed by atoms with Gasteiger partial charge < -0.3 is 4.90 Å². The molecule has 0 aliphatic carbocycles. The lowest BCUT2D eigenvalue weighted by molar-refractivity contribution is -0.385. The fraction of sp³-hybridized carbons (Fsp3) is 0.412. The molecule has 2 heterocycles. The van der Waals surface area contributed by atoms with Crippen LogP contribution in [0, 0.1) is 16.0 Å². The summed E-state index contributed by atoms with van der Waals surface area (Å²) in [6.45, 7) is 1.94. The monoisotopic (exact) mass is 328 g/mol. The van der Waals surface area contributed by atoms with E-state index in [2.05, 4.69) is 17.2 Å². The SMILES string of the molecule is O=C(CCn1cc([N+](=O)[O-])cn1)N1CCC(Cc2ccccc2)C1. The van der Waals surface area contributed by atoms with E-state index in [1.54, 1.807) is 0 Å². The van der Waals surface area contributed by atoms with Crippen molar-refractivity contribution in [3.05, 3.63) is 58.4 Å². The van der Waals surface area contributed by atoms with Crippen molar-refractivity contribution < 1.29 is 9.72 Å². The average molecular weight is 328 g/mol.